The number of methoxy groups -OCH3 is 1. The van der Waals surface area contributed by atoms with Gasteiger partial charge in [-0.1, -0.05) is 48.5 Å². The monoisotopic (exact) mass is 478 g/mol. The van der Waals surface area contributed by atoms with Crippen molar-refractivity contribution in [2.24, 2.45) is 0 Å². The van der Waals surface area contributed by atoms with Crippen LogP contribution in [0.15, 0.2) is 90.5 Å². The lowest BCUT2D eigenvalue weighted by molar-refractivity contribution is -0.112. The number of nitrogens with one attached hydrogen (secondary N) is 1. The third-order valence-electron chi connectivity index (χ3n) is 5.44. The van der Waals surface area contributed by atoms with Crippen LogP contribution in [0.1, 0.15) is 21.5 Å². The Morgan fingerprint density at radius 1 is 0.944 bits per heavy atom. The van der Waals surface area contributed by atoms with Gasteiger partial charge in [-0.25, -0.2) is 4.79 Å². The van der Waals surface area contributed by atoms with E-state index in [1.54, 1.807) is 24.3 Å². The number of carboxylic acid groups (broad SMARTS) is 1. The average molecular weight is 479 g/mol. The topological polar surface area (TPSA) is 109 Å². The fourth-order valence-electron chi connectivity index (χ4n) is 3.63. The van der Waals surface area contributed by atoms with Crippen LogP contribution in [0.25, 0.3) is 16.8 Å². The number of rotatable bonds is 8. The third kappa shape index (κ3) is 5.69. The lowest BCUT2D eigenvalue weighted by atomic mass is 10.1. The van der Waals surface area contributed by atoms with E-state index in [1.165, 1.54) is 31.4 Å². The Labute approximate surface area is 207 Å². The van der Waals surface area contributed by atoms with Crippen LogP contribution in [0.3, 0.4) is 0 Å². The Kier molecular flexibility index (Phi) is 7.28. The molecule has 0 aromatic heterocycles. The van der Waals surface area contributed by atoms with E-state index in [0.29, 0.717) is 23.7 Å². The van der Waals surface area contributed by atoms with Crippen LogP contribution in [0.5, 0.6) is 11.5 Å². The van der Waals surface area contributed by atoms with Gasteiger partial charge in [0.25, 0.3) is 5.91 Å². The van der Waals surface area contributed by atoms with E-state index in [4.69, 9.17) is 14.6 Å². The van der Waals surface area contributed by atoms with Crippen molar-refractivity contribution in [1.29, 1.82) is 5.26 Å². The van der Waals surface area contributed by atoms with Crippen molar-refractivity contribution in [1.82, 2.24) is 0 Å². The van der Waals surface area contributed by atoms with Gasteiger partial charge in [-0.2, -0.15) is 5.26 Å². The summed E-state index contributed by atoms with van der Waals surface area (Å²) in [4.78, 5) is 23.7. The highest BCUT2D eigenvalue weighted by molar-refractivity contribution is 6.10. The van der Waals surface area contributed by atoms with Gasteiger partial charge in [0.15, 0.2) is 11.5 Å². The van der Waals surface area contributed by atoms with Gasteiger partial charge in [0.2, 0.25) is 0 Å². The van der Waals surface area contributed by atoms with Gasteiger partial charge in [-0.15, -0.1) is 0 Å². The molecule has 0 unspecified atom stereocenters. The molecule has 4 aromatic rings. The van der Waals surface area contributed by atoms with Gasteiger partial charge >= 0.3 is 5.97 Å². The lowest BCUT2D eigenvalue weighted by Crippen LogP contribution is -2.14. The second-order valence-electron chi connectivity index (χ2n) is 7.89. The number of nitrogens with zero attached hydrogens (tertiary/aromatic N) is 1. The number of hydrogen-bond donors (Lipinski definition) is 2. The zero-order valence-electron chi connectivity index (χ0n) is 19.4. The van der Waals surface area contributed by atoms with E-state index in [-0.39, 0.29) is 16.8 Å². The molecule has 0 bridgehead atoms. The summed E-state index contributed by atoms with van der Waals surface area (Å²) in [5.74, 6) is -0.791. The fraction of sp³-hybridized carbons (Fsp3) is 0.0690. The molecular formula is C29H22N2O5. The molecule has 0 heterocycles. The number of benzene rings is 4. The predicted molar refractivity (Wildman–Crippen MR) is 137 cm³/mol. The Morgan fingerprint density at radius 2 is 1.75 bits per heavy atom. The predicted octanol–water partition coefficient (Wildman–Crippen LogP) is 5.67. The van der Waals surface area contributed by atoms with Crippen molar-refractivity contribution < 1.29 is 24.2 Å². The standard InChI is InChI=1S/C29H22N2O5/c1-35-27-15-19(13-24(17-30)28(32)31-25-8-4-7-23(16-25)29(33)34)10-12-26(27)36-18-20-9-11-21-5-2-3-6-22(21)14-20/h2-16H,18H2,1H3,(H,31,32)(H,33,34)/b24-13-. The smallest absolute Gasteiger partial charge is 0.335 e. The first kappa shape index (κ1) is 24.0. The van der Waals surface area contributed by atoms with E-state index < -0.39 is 11.9 Å². The molecule has 0 saturated carbocycles. The normalized spacial score (nSPS) is 10.9. The molecule has 7 nitrogen and oxygen atoms in total. The van der Waals surface area contributed by atoms with E-state index in [0.717, 1.165) is 16.3 Å². The van der Waals surface area contributed by atoms with Crippen molar-refractivity contribution in [2.75, 3.05) is 12.4 Å². The van der Waals surface area contributed by atoms with Crippen LogP contribution in [0, 0.1) is 11.3 Å². The molecule has 2 N–H and O–H groups in total. The van der Waals surface area contributed by atoms with Gasteiger partial charge in [0.1, 0.15) is 18.2 Å². The Hall–Kier alpha value is -5.09. The molecule has 36 heavy (non-hydrogen) atoms. The third-order valence-corrected chi connectivity index (χ3v) is 5.44. The van der Waals surface area contributed by atoms with E-state index in [1.807, 2.05) is 36.4 Å². The first-order valence-corrected chi connectivity index (χ1v) is 11.0. The van der Waals surface area contributed by atoms with Gasteiger partial charge in [-0.05, 0) is 64.4 Å². The number of carbonyl (C=O) groups excluding carboxylic acids is 1. The zero-order valence-corrected chi connectivity index (χ0v) is 19.4. The first-order chi connectivity index (χ1) is 17.5. The van der Waals surface area contributed by atoms with E-state index in [9.17, 15) is 14.9 Å². The first-order valence-electron chi connectivity index (χ1n) is 11.0. The molecule has 0 radical (unpaired) electrons. The minimum atomic E-state index is -1.11. The second kappa shape index (κ2) is 10.9. The second-order valence-corrected chi connectivity index (χ2v) is 7.89. The van der Waals surface area contributed by atoms with Crippen LogP contribution in [-0.2, 0) is 11.4 Å². The molecular weight excluding hydrogens is 456 g/mol. The molecule has 0 saturated heterocycles. The minimum Gasteiger partial charge on any atom is -0.493 e. The molecule has 0 aliphatic heterocycles. The summed E-state index contributed by atoms with van der Waals surface area (Å²) < 4.78 is 11.4. The molecule has 0 atom stereocenters. The number of aromatic carboxylic acids is 1. The van der Waals surface area contributed by atoms with Crippen LogP contribution in [-0.4, -0.2) is 24.1 Å². The maximum atomic E-state index is 12.6. The number of nitriles is 1. The van der Waals surface area contributed by atoms with Crippen LogP contribution < -0.4 is 14.8 Å². The van der Waals surface area contributed by atoms with Crippen molar-refractivity contribution in [3.63, 3.8) is 0 Å². The molecule has 4 aromatic carbocycles. The van der Waals surface area contributed by atoms with Crippen molar-refractivity contribution in [2.45, 2.75) is 6.61 Å². The molecule has 1 amide bonds. The summed E-state index contributed by atoms with van der Waals surface area (Å²) in [6.07, 6.45) is 1.42. The average Bonchev–Trinajstić information content (AvgIpc) is 2.90. The SMILES string of the molecule is COc1cc(/C=C(/C#N)C(=O)Nc2cccc(C(=O)O)c2)ccc1OCc1ccc2ccccc2c1. The Bertz CT molecular complexity index is 1520. The maximum Gasteiger partial charge on any atom is 0.335 e. The largest absolute Gasteiger partial charge is 0.493 e. The van der Waals surface area contributed by atoms with Gasteiger partial charge < -0.3 is 19.9 Å². The Balaban J connectivity index is 1.49. The molecule has 0 fully saturated rings. The molecule has 178 valence electrons. The number of amides is 1. The minimum absolute atomic E-state index is 0.0271. The quantitative estimate of drug-likeness (QED) is 0.249. The summed E-state index contributed by atoms with van der Waals surface area (Å²) in [7, 11) is 1.51. The van der Waals surface area contributed by atoms with Crippen LogP contribution in [0.2, 0.25) is 0 Å². The lowest BCUT2D eigenvalue weighted by Gasteiger charge is -2.12. The summed E-state index contributed by atoms with van der Waals surface area (Å²) in [5.41, 5.74) is 1.73. The molecule has 7 heteroatoms. The number of anilines is 1. The van der Waals surface area contributed by atoms with Crippen molar-refractivity contribution in [3.8, 4) is 17.6 Å². The summed E-state index contributed by atoms with van der Waals surface area (Å²) in [6, 6.07) is 27.0. The highest BCUT2D eigenvalue weighted by Crippen LogP contribution is 2.30. The number of ether oxygens (including phenoxy) is 2. The highest BCUT2D eigenvalue weighted by Gasteiger charge is 2.13. The van der Waals surface area contributed by atoms with Crippen molar-refractivity contribution in [3.05, 3.63) is 107 Å². The summed E-state index contributed by atoms with van der Waals surface area (Å²) in [5, 5.41) is 23.5. The fourth-order valence-corrected chi connectivity index (χ4v) is 3.63. The number of carbonyl (C=O) groups is 2. The number of fused-ring (bicyclic) bond motifs is 1. The van der Waals surface area contributed by atoms with Crippen LogP contribution in [0.4, 0.5) is 5.69 Å². The highest BCUT2D eigenvalue weighted by atomic mass is 16.5. The van der Waals surface area contributed by atoms with E-state index in [2.05, 4.69) is 17.4 Å². The summed E-state index contributed by atoms with van der Waals surface area (Å²) >= 11 is 0. The molecule has 4 rings (SSSR count). The Morgan fingerprint density at radius 3 is 2.50 bits per heavy atom. The number of hydrogen-bond acceptors (Lipinski definition) is 5. The zero-order chi connectivity index (χ0) is 25.5. The van der Waals surface area contributed by atoms with Gasteiger partial charge in [0, 0.05) is 5.69 Å². The number of carboxylic acids is 1. The molecule has 0 aliphatic rings. The van der Waals surface area contributed by atoms with Crippen molar-refractivity contribution >= 4 is 34.4 Å². The van der Waals surface area contributed by atoms with Crippen LogP contribution >= 0.6 is 0 Å². The maximum absolute atomic E-state index is 12.6. The van der Waals surface area contributed by atoms with Gasteiger partial charge in [0.05, 0.1) is 12.7 Å². The van der Waals surface area contributed by atoms with Gasteiger partial charge in [-0.3, -0.25) is 4.79 Å². The van der Waals surface area contributed by atoms with E-state index >= 15 is 0 Å². The molecule has 0 aliphatic carbocycles. The summed E-state index contributed by atoms with van der Waals surface area (Å²) in [6.45, 7) is 0.345. The molecule has 0 spiro atoms.